The Hall–Kier alpha value is -3.39. The van der Waals surface area contributed by atoms with Crippen LogP contribution in [-0.4, -0.2) is 51.8 Å². The highest BCUT2D eigenvalue weighted by Crippen LogP contribution is 2.22. The predicted octanol–water partition coefficient (Wildman–Crippen LogP) is 2.08. The van der Waals surface area contributed by atoms with Crippen LogP contribution in [0.3, 0.4) is 0 Å². The van der Waals surface area contributed by atoms with E-state index in [9.17, 15) is 4.79 Å². The molecular formula is C22H26N6O2. The second-order valence-electron chi connectivity index (χ2n) is 7.61. The van der Waals surface area contributed by atoms with Gasteiger partial charge in [-0.2, -0.15) is 5.10 Å². The Labute approximate surface area is 175 Å². The first kappa shape index (κ1) is 19.9. The van der Waals surface area contributed by atoms with Gasteiger partial charge in [-0.15, -0.1) is 0 Å². The van der Waals surface area contributed by atoms with Gasteiger partial charge >= 0.3 is 0 Å². The monoisotopic (exact) mass is 406 g/mol. The summed E-state index contributed by atoms with van der Waals surface area (Å²) in [5, 5.41) is 7.28. The van der Waals surface area contributed by atoms with E-state index in [0.717, 1.165) is 42.9 Å². The molecule has 1 fully saturated rings. The number of benzene rings is 1. The molecule has 4 rings (SSSR count). The van der Waals surface area contributed by atoms with Crippen LogP contribution >= 0.6 is 0 Å². The first-order valence-corrected chi connectivity index (χ1v) is 9.92. The van der Waals surface area contributed by atoms with Gasteiger partial charge in [-0.1, -0.05) is 12.1 Å². The number of aromatic nitrogens is 3. The summed E-state index contributed by atoms with van der Waals surface area (Å²) in [4.78, 5) is 19.4. The highest BCUT2D eigenvalue weighted by Gasteiger charge is 2.25. The maximum atomic E-state index is 12.9. The molecule has 8 heteroatoms. The Kier molecular flexibility index (Phi) is 5.67. The van der Waals surface area contributed by atoms with E-state index in [0.29, 0.717) is 5.56 Å². The summed E-state index contributed by atoms with van der Waals surface area (Å²) >= 11 is 0. The molecule has 1 atom stereocenters. The number of methoxy groups -OCH3 is 1. The molecule has 1 saturated heterocycles. The van der Waals surface area contributed by atoms with Crippen molar-refractivity contribution in [3.8, 4) is 16.9 Å². The molecule has 3 aromatic rings. The lowest BCUT2D eigenvalue weighted by Gasteiger charge is -2.17. The van der Waals surface area contributed by atoms with E-state index < -0.39 is 0 Å². The minimum absolute atomic E-state index is 0.0737. The van der Waals surface area contributed by atoms with Crippen molar-refractivity contribution < 1.29 is 9.53 Å². The molecule has 156 valence electrons. The number of nitrogen functional groups attached to an aromatic ring is 1. The minimum atomic E-state index is -0.195. The van der Waals surface area contributed by atoms with E-state index in [1.165, 1.54) is 5.56 Å². The van der Waals surface area contributed by atoms with E-state index in [2.05, 4.69) is 26.4 Å². The van der Waals surface area contributed by atoms with Crippen molar-refractivity contribution in [1.29, 1.82) is 0 Å². The highest BCUT2D eigenvalue weighted by atomic mass is 16.5. The number of amides is 1. The number of ether oxygens (including phenoxy) is 1. The summed E-state index contributed by atoms with van der Waals surface area (Å²) < 4.78 is 7.01. The number of aryl methyl sites for hydroxylation is 1. The molecule has 0 spiro atoms. The third kappa shape index (κ3) is 4.44. The second kappa shape index (κ2) is 8.54. The Morgan fingerprint density at radius 1 is 1.30 bits per heavy atom. The van der Waals surface area contributed by atoms with Crippen molar-refractivity contribution in [2.24, 2.45) is 7.05 Å². The van der Waals surface area contributed by atoms with Crippen molar-refractivity contribution >= 4 is 11.7 Å². The lowest BCUT2D eigenvalue weighted by Crippen LogP contribution is -2.37. The number of carbonyl (C=O) groups is 1. The fourth-order valence-electron chi connectivity index (χ4n) is 3.77. The van der Waals surface area contributed by atoms with Crippen molar-refractivity contribution in [2.45, 2.75) is 19.0 Å². The van der Waals surface area contributed by atoms with Gasteiger partial charge < -0.3 is 15.8 Å². The Balaban J connectivity index is 1.39. The lowest BCUT2D eigenvalue weighted by atomic mass is 10.1. The van der Waals surface area contributed by atoms with Crippen molar-refractivity contribution in [2.75, 3.05) is 25.9 Å². The molecule has 3 N–H and O–H groups in total. The molecule has 0 bridgehead atoms. The summed E-state index contributed by atoms with van der Waals surface area (Å²) in [6.45, 7) is 2.54. The molecule has 0 saturated carbocycles. The summed E-state index contributed by atoms with van der Waals surface area (Å²) in [5.74, 6) is 0.887. The predicted molar refractivity (Wildman–Crippen MR) is 115 cm³/mol. The van der Waals surface area contributed by atoms with Gasteiger partial charge in [0.05, 0.1) is 18.9 Å². The van der Waals surface area contributed by atoms with Gasteiger partial charge in [0.2, 0.25) is 0 Å². The first-order chi connectivity index (χ1) is 14.5. The van der Waals surface area contributed by atoms with E-state index in [1.807, 2.05) is 31.4 Å². The number of hydrogen-bond donors (Lipinski definition) is 2. The summed E-state index contributed by atoms with van der Waals surface area (Å²) in [6, 6.07) is 9.91. The lowest BCUT2D eigenvalue weighted by molar-refractivity contribution is 0.0938. The van der Waals surface area contributed by atoms with E-state index in [1.54, 1.807) is 30.3 Å². The number of nitrogens with one attached hydrogen (secondary N) is 1. The van der Waals surface area contributed by atoms with Gasteiger partial charge in [-0.3, -0.25) is 14.4 Å². The van der Waals surface area contributed by atoms with Gasteiger partial charge in [0.15, 0.2) is 0 Å². The van der Waals surface area contributed by atoms with Crippen molar-refractivity contribution in [1.82, 2.24) is 25.0 Å². The molecule has 0 aliphatic carbocycles. The molecule has 1 aliphatic heterocycles. The Bertz CT molecular complexity index is 1050. The zero-order valence-electron chi connectivity index (χ0n) is 17.2. The summed E-state index contributed by atoms with van der Waals surface area (Å²) in [7, 11) is 3.52. The molecule has 0 radical (unpaired) electrons. The number of likely N-dealkylation sites (tertiary alicyclic amines) is 1. The third-order valence-electron chi connectivity index (χ3n) is 5.35. The fraction of sp³-hybridized carbons (Fsp3) is 0.318. The average Bonchev–Trinajstić information content (AvgIpc) is 3.37. The van der Waals surface area contributed by atoms with Crippen LogP contribution in [0.1, 0.15) is 22.3 Å². The van der Waals surface area contributed by atoms with Crippen LogP contribution in [0.4, 0.5) is 5.82 Å². The maximum absolute atomic E-state index is 12.9. The van der Waals surface area contributed by atoms with Gasteiger partial charge in [-0.05, 0) is 30.2 Å². The summed E-state index contributed by atoms with van der Waals surface area (Å²) in [5.41, 5.74) is 9.28. The van der Waals surface area contributed by atoms with Crippen LogP contribution in [-0.2, 0) is 13.6 Å². The maximum Gasteiger partial charge on any atom is 0.255 e. The molecule has 30 heavy (non-hydrogen) atoms. The molecular weight excluding hydrogens is 380 g/mol. The molecule has 2 aromatic heterocycles. The quantitative estimate of drug-likeness (QED) is 0.650. The third-order valence-corrected chi connectivity index (χ3v) is 5.35. The SMILES string of the molecule is COc1cccc(CN2CC[C@@H](NC(=O)c3cc(-c4cnn(C)c4)cnc3N)C2)c1. The molecule has 8 nitrogen and oxygen atoms in total. The van der Waals surface area contributed by atoms with E-state index >= 15 is 0 Å². The normalized spacial score (nSPS) is 16.5. The van der Waals surface area contributed by atoms with Crippen LogP contribution in [0.5, 0.6) is 5.75 Å². The zero-order valence-corrected chi connectivity index (χ0v) is 17.2. The molecule has 1 aromatic carbocycles. The van der Waals surface area contributed by atoms with Crippen LogP contribution in [0.15, 0.2) is 48.9 Å². The number of pyridine rings is 1. The van der Waals surface area contributed by atoms with Crippen LogP contribution in [0, 0.1) is 0 Å². The van der Waals surface area contributed by atoms with Crippen LogP contribution < -0.4 is 15.8 Å². The van der Waals surface area contributed by atoms with Crippen molar-refractivity contribution in [3.05, 3.63) is 60.0 Å². The van der Waals surface area contributed by atoms with E-state index in [-0.39, 0.29) is 17.8 Å². The Morgan fingerprint density at radius 3 is 2.93 bits per heavy atom. The van der Waals surface area contributed by atoms with Crippen LogP contribution in [0.2, 0.25) is 0 Å². The number of hydrogen-bond acceptors (Lipinski definition) is 6. The number of nitrogens with zero attached hydrogens (tertiary/aromatic N) is 4. The Morgan fingerprint density at radius 2 is 2.17 bits per heavy atom. The fourth-order valence-corrected chi connectivity index (χ4v) is 3.77. The van der Waals surface area contributed by atoms with Gasteiger partial charge in [0.25, 0.3) is 5.91 Å². The molecule has 0 unspecified atom stereocenters. The minimum Gasteiger partial charge on any atom is -0.497 e. The van der Waals surface area contributed by atoms with Gasteiger partial charge in [0.1, 0.15) is 11.6 Å². The molecule has 1 amide bonds. The summed E-state index contributed by atoms with van der Waals surface area (Å²) in [6.07, 6.45) is 6.17. The largest absolute Gasteiger partial charge is 0.497 e. The van der Waals surface area contributed by atoms with Gasteiger partial charge in [-0.25, -0.2) is 4.98 Å². The number of nitrogens with two attached hydrogens (primary N) is 1. The van der Waals surface area contributed by atoms with Crippen LogP contribution in [0.25, 0.3) is 11.1 Å². The average molecular weight is 406 g/mol. The highest BCUT2D eigenvalue weighted by molar-refractivity contribution is 5.99. The topological polar surface area (TPSA) is 98.3 Å². The zero-order chi connectivity index (χ0) is 21.1. The second-order valence-corrected chi connectivity index (χ2v) is 7.61. The molecule has 3 heterocycles. The number of anilines is 1. The number of carbonyl (C=O) groups excluding carboxylic acids is 1. The van der Waals surface area contributed by atoms with Gasteiger partial charge in [0, 0.05) is 56.2 Å². The smallest absolute Gasteiger partial charge is 0.255 e. The number of rotatable bonds is 6. The van der Waals surface area contributed by atoms with E-state index in [4.69, 9.17) is 10.5 Å². The molecule has 1 aliphatic rings. The standard InChI is InChI=1S/C22H26N6O2/c1-27-13-17(11-25-27)16-9-20(21(23)24-10-16)22(29)26-18-6-7-28(14-18)12-15-4-3-5-19(8-15)30-2/h3-5,8-11,13,18H,6-7,12,14H2,1-2H3,(H2,23,24)(H,26,29)/t18-/m1/s1. The first-order valence-electron chi connectivity index (χ1n) is 9.92. The van der Waals surface area contributed by atoms with Crippen molar-refractivity contribution in [3.63, 3.8) is 0 Å².